The van der Waals surface area contributed by atoms with Crippen molar-refractivity contribution < 1.29 is 86.4 Å². The van der Waals surface area contributed by atoms with Crippen molar-refractivity contribution in [3.63, 3.8) is 0 Å². The molecular formula is C78H48F14N14O5S4. The van der Waals surface area contributed by atoms with Crippen LogP contribution in [0.15, 0.2) is 271 Å². The number of carbonyl (C=O) groups is 2. The molecule has 14 rings (SSSR count). The van der Waals surface area contributed by atoms with Crippen LogP contribution in [0.3, 0.4) is 0 Å². The molecule has 0 spiro atoms. The van der Waals surface area contributed by atoms with E-state index in [4.69, 9.17) is 10.2 Å². The number of aromatic carboxylic acids is 2. The number of hydrogen-bond acceptors (Lipinski definition) is 21. The van der Waals surface area contributed by atoms with Crippen LogP contribution < -0.4 is 16.0 Å². The summed E-state index contributed by atoms with van der Waals surface area (Å²) in [5.41, 5.74) is 3.02. The highest BCUT2D eigenvalue weighted by Gasteiger charge is 2.34. The number of rotatable bonds is 20. The molecule has 0 fully saturated rings. The number of hydrogen-bond donors (Lipinski definition) is 6. The number of nitrogens with zero attached hydrogens (tertiary/aromatic N) is 11. The van der Waals surface area contributed by atoms with Crippen molar-refractivity contribution in [1.82, 2.24) is 24.9 Å². The molecule has 0 atom stereocenters. The van der Waals surface area contributed by atoms with Gasteiger partial charge in [-0.1, -0.05) is 66.7 Å². The fourth-order valence-electron chi connectivity index (χ4n) is 10.3. The van der Waals surface area contributed by atoms with E-state index in [0.717, 1.165) is 89.0 Å². The Morgan fingerprint density at radius 3 is 1.29 bits per heavy atom. The minimum atomic E-state index is -4.52. The number of phenols is 1. The van der Waals surface area contributed by atoms with Crippen molar-refractivity contribution in [3.05, 3.63) is 296 Å². The quantitative estimate of drug-likeness (QED) is 0.0236. The van der Waals surface area contributed by atoms with E-state index in [1.54, 1.807) is 66.0 Å². The van der Waals surface area contributed by atoms with Gasteiger partial charge in [-0.15, -0.1) is 50.5 Å². The zero-order valence-corrected chi connectivity index (χ0v) is 61.1. The molecule has 37 heteroatoms. The highest BCUT2D eigenvalue weighted by Crippen LogP contribution is 2.40. The van der Waals surface area contributed by atoms with Gasteiger partial charge in [-0.25, -0.2) is 38.9 Å². The summed E-state index contributed by atoms with van der Waals surface area (Å²) in [6, 6.07) is 48.5. The van der Waals surface area contributed by atoms with Gasteiger partial charge in [0.25, 0.3) is 0 Å². The Labute approximate surface area is 655 Å². The number of halogens is 14. The van der Waals surface area contributed by atoms with E-state index < -0.39 is 70.7 Å². The summed E-state index contributed by atoms with van der Waals surface area (Å²) in [7, 11) is 0. The van der Waals surface area contributed by atoms with Crippen LogP contribution in [0.4, 0.5) is 128 Å². The summed E-state index contributed by atoms with van der Waals surface area (Å²) in [5, 5.41) is 68.9. The topological polar surface area (TPSA) is 270 Å². The van der Waals surface area contributed by atoms with Gasteiger partial charge in [0.15, 0.2) is 15.4 Å². The van der Waals surface area contributed by atoms with Crippen LogP contribution in [-0.4, -0.2) is 52.2 Å². The van der Waals surface area contributed by atoms with E-state index in [0.29, 0.717) is 56.1 Å². The number of anilines is 6. The lowest BCUT2D eigenvalue weighted by atomic mass is 10.1. The minimum Gasteiger partial charge on any atom is -0.507 e. The maximum Gasteiger partial charge on any atom is 0.416 e. The molecule has 0 amide bonds. The molecule has 0 saturated carbocycles. The number of nitrogens with one attached hydrogen (secondary N) is 3. The first-order valence-corrected chi connectivity index (χ1v) is 36.4. The normalized spacial score (nSPS) is 11.8. The monoisotopic (exact) mass is 1650 g/mol. The standard InChI is InChI=1S/C31H17F8N7S2.C24H16F3N3O2S.C23H15F3N4O3S/c32-24-8-7-20(11-22(24)25-14-47-28(43-25)41-18-5-1-3-16(9-18)30(34,35)36)45-46-21-12-23(27(33)40-13-21)26-15-48-29(44-26)42-19-6-2-4-17(10-19)31(37,38)39;25-24(26,27)18-7-1-4-15(10-18)11-22-28-21(14-33-22)16-5-2-8-19(12-16)29-30-20-9-3-6-17(13-20)23(31)32;24-23(25,26)14-4-2-5-15(10-14)27-22-28-19(12-34-22)13-3-1-6-16(9-13)29-30-17-7-8-20(31)18(11-17)21(32)33/h1-15H,(H,41,43)(H,42,44);1-10,12-14H,11H2,(H,31,32);1-12,31H,(H,27,28)(H,32,33). The number of carboxylic acids is 2. The van der Waals surface area contributed by atoms with E-state index >= 15 is 0 Å². The van der Waals surface area contributed by atoms with Crippen LogP contribution in [0.5, 0.6) is 5.75 Å². The summed E-state index contributed by atoms with van der Waals surface area (Å²) in [5.74, 6) is -4.19. The molecule has 115 heavy (non-hydrogen) atoms. The average Bonchev–Trinajstić information content (AvgIpc) is 1.69. The Bertz CT molecular complexity index is 5820. The molecule has 5 heterocycles. The van der Waals surface area contributed by atoms with Gasteiger partial charge in [0, 0.05) is 61.7 Å². The largest absolute Gasteiger partial charge is 0.507 e. The fourth-order valence-corrected chi connectivity index (χ4v) is 13.4. The van der Waals surface area contributed by atoms with E-state index in [2.05, 4.69) is 71.6 Å². The Hall–Kier alpha value is -13.4. The smallest absolute Gasteiger partial charge is 0.416 e. The van der Waals surface area contributed by atoms with Crippen LogP contribution in [-0.2, 0) is 31.1 Å². The SMILES string of the molecule is Fc1ccc(N=Nc2cnc(F)c(-c3csc(Nc4cccc(C(F)(F)F)c4)n3)c2)cc1-c1csc(Nc2cccc(C(F)(F)F)c2)n1.O=C(O)c1cc(N=Nc2cccc(-c3csc(Nc4cccc(C(F)(F)F)c4)n3)c2)ccc1O.O=C(O)c1cccc(N=Nc2cccc(-c3csc(Cc4cccc(C(F)(F)F)c4)n3)c2)c1. The van der Waals surface area contributed by atoms with Gasteiger partial charge >= 0.3 is 36.6 Å². The minimum absolute atomic E-state index is 0.0390. The number of thiazole rings is 4. The number of aromatic nitrogens is 5. The Balaban J connectivity index is 0.000000163. The molecule has 6 N–H and O–H groups in total. The zero-order valence-electron chi connectivity index (χ0n) is 57.8. The summed E-state index contributed by atoms with van der Waals surface area (Å²) in [6.07, 6.45) is -16.4. The van der Waals surface area contributed by atoms with Crippen molar-refractivity contribution >= 4 is 124 Å². The van der Waals surface area contributed by atoms with E-state index in [-0.39, 0.29) is 83.8 Å². The van der Waals surface area contributed by atoms with E-state index in [9.17, 15) is 76.2 Å². The lowest BCUT2D eigenvalue weighted by Gasteiger charge is -2.09. The molecule has 14 aromatic rings. The first kappa shape index (κ1) is 81.1. The molecule has 0 aliphatic rings. The van der Waals surface area contributed by atoms with Crippen molar-refractivity contribution in [2.24, 2.45) is 30.7 Å². The van der Waals surface area contributed by atoms with Crippen molar-refractivity contribution in [2.75, 3.05) is 16.0 Å². The van der Waals surface area contributed by atoms with E-state index in [1.807, 2.05) is 11.4 Å². The molecule has 0 radical (unpaired) electrons. The molecular weight excluding hydrogens is 1610 g/mol. The highest BCUT2D eigenvalue weighted by molar-refractivity contribution is 7.14. The summed E-state index contributed by atoms with van der Waals surface area (Å²) >= 11 is 4.71. The first-order chi connectivity index (χ1) is 54.8. The van der Waals surface area contributed by atoms with Gasteiger partial charge in [0.1, 0.15) is 22.8 Å². The summed E-state index contributed by atoms with van der Waals surface area (Å²) in [4.78, 5) is 43.4. The predicted octanol–water partition coefficient (Wildman–Crippen LogP) is 26.5. The Kier molecular flexibility index (Phi) is 24.8. The highest BCUT2D eigenvalue weighted by atomic mass is 32.1. The molecule has 9 aromatic carbocycles. The molecule has 0 saturated heterocycles. The van der Waals surface area contributed by atoms with E-state index in [1.165, 1.54) is 124 Å². The second kappa shape index (κ2) is 35.1. The van der Waals surface area contributed by atoms with Gasteiger partial charge in [-0.2, -0.15) is 82.6 Å². The zero-order chi connectivity index (χ0) is 81.8. The number of pyridine rings is 1. The Morgan fingerprint density at radius 2 is 0.783 bits per heavy atom. The Morgan fingerprint density at radius 1 is 0.383 bits per heavy atom. The van der Waals surface area contributed by atoms with Crippen LogP contribution >= 0.6 is 45.3 Å². The molecule has 0 aliphatic heterocycles. The van der Waals surface area contributed by atoms with Crippen LogP contribution in [0.25, 0.3) is 45.0 Å². The maximum atomic E-state index is 14.8. The molecule has 5 aromatic heterocycles. The van der Waals surface area contributed by atoms with Crippen molar-refractivity contribution in [2.45, 2.75) is 31.1 Å². The molecule has 0 aliphatic carbocycles. The first-order valence-electron chi connectivity index (χ1n) is 32.9. The maximum absolute atomic E-state index is 14.8. The van der Waals surface area contributed by atoms with Gasteiger partial charge in [-0.3, -0.25) is 0 Å². The number of benzene rings is 9. The van der Waals surface area contributed by atoms with Crippen LogP contribution in [0, 0.1) is 11.8 Å². The molecule has 582 valence electrons. The number of alkyl halides is 12. The number of aromatic hydroxyl groups is 1. The van der Waals surface area contributed by atoms with Crippen LogP contribution in [0.2, 0.25) is 0 Å². The predicted molar refractivity (Wildman–Crippen MR) is 407 cm³/mol. The second-order valence-electron chi connectivity index (χ2n) is 24.0. The van der Waals surface area contributed by atoms with Gasteiger partial charge in [0.05, 0.1) is 95.8 Å². The van der Waals surface area contributed by atoms with Crippen molar-refractivity contribution in [1.29, 1.82) is 0 Å². The second-order valence-corrected chi connectivity index (χ2v) is 27.5. The van der Waals surface area contributed by atoms with Crippen molar-refractivity contribution in [3.8, 4) is 50.8 Å². The third kappa shape index (κ3) is 22.1. The average molecular weight is 1660 g/mol. The molecule has 19 nitrogen and oxygen atoms in total. The number of azo groups is 3. The lowest BCUT2D eigenvalue weighted by Crippen LogP contribution is -2.05. The third-order valence-corrected chi connectivity index (χ3v) is 18.9. The fraction of sp³-hybridized carbons (Fsp3) is 0.0641. The molecule has 0 bridgehead atoms. The number of carboxylic acid groups (broad SMARTS) is 2. The van der Waals surface area contributed by atoms with Gasteiger partial charge < -0.3 is 31.3 Å². The van der Waals surface area contributed by atoms with Gasteiger partial charge in [0.2, 0.25) is 5.95 Å². The molecule has 0 unspecified atom stereocenters. The third-order valence-electron chi connectivity index (χ3n) is 15.8. The van der Waals surface area contributed by atoms with Crippen LogP contribution in [0.1, 0.15) is 53.5 Å². The lowest BCUT2D eigenvalue weighted by molar-refractivity contribution is -0.138. The summed E-state index contributed by atoms with van der Waals surface area (Å²) < 4.78 is 185. The van der Waals surface area contributed by atoms with Gasteiger partial charge in [-0.05, 0) is 151 Å². The summed E-state index contributed by atoms with van der Waals surface area (Å²) in [6.45, 7) is 0.